The van der Waals surface area contributed by atoms with Crippen LogP contribution in [0.15, 0.2) is 52.3 Å². The van der Waals surface area contributed by atoms with Gasteiger partial charge in [-0.1, -0.05) is 17.8 Å². The molecule has 2 N–H and O–H groups in total. The van der Waals surface area contributed by atoms with E-state index in [1.807, 2.05) is 30.3 Å². The lowest BCUT2D eigenvalue weighted by atomic mass is 10.2. The van der Waals surface area contributed by atoms with Crippen LogP contribution in [0.1, 0.15) is 12.5 Å². The van der Waals surface area contributed by atoms with Gasteiger partial charge in [0.25, 0.3) is 0 Å². The number of benzene rings is 2. The van der Waals surface area contributed by atoms with Crippen molar-refractivity contribution < 1.29 is 9.18 Å². The molecule has 2 rings (SSSR count). The van der Waals surface area contributed by atoms with Crippen molar-refractivity contribution in [2.75, 3.05) is 12.4 Å². The first-order valence-corrected chi connectivity index (χ1v) is 7.39. The zero-order chi connectivity index (χ0) is 15.2. The second kappa shape index (κ2) is 7.24. The molecule has 110 valence electrons. The molecule has 0 aliphatic rings. The molecule has 3 nitrogen and oxygen atoms in total. The van der Waals surface area contributed by atoms with Gasteiger partial charge in [0.15, 0.2) is 0 Å². The minimum absolute atomic E-state index is 0.100. The van der Waals surface area contributed by atoms with Crippen molar-refractivity contribution in [1.29, 1.82) is 0 Å². The van der Waals surface area contributed by atoms with Gasteiger partial charge in [-0.2, -0.15) is 0 Å². The summed E-state index contributed by atoms with van der Waals surface area (Å²) in [6, 6.07) is 12.6. The quantitative estimate of drug-likeness (QED) is 0.886. The molecule has 0 unspecified atom stereocenters. The summed E-state index contributed by atoms with van der Waals surface area (Å²) in [5, 5.41) is 5.70. The summed E-state index contributed by atoms with van der Waals surface area (Å²) in [6.45, 7) is 1.96. The number of halogens is 1. The van der Waals surface area contributed by atoms with E-state index in [1.54, 1.807) is 13.1 Å². The highest BCUT2D eigenvalue weighted by Crippen LogP contribution is 2.32. The van der Waals surface area contributed by atoms with Crippen molar-refractivity contribution in [3.8, 4) is 0 Å². The number of hydrogen-bond donors (Lipinski definition) is 2. The third-order valence-electron chi connectivity index (χ3n) is 2.83. The summed E-state index contributed by atoms with van der Waals surface area (Å²) in [5.74, 6) is -0.305. The van der Waals surface area contributed by atoms with E-state index in [0.29, 0.717) is 12.1 Å². The molecule has 2 aromatic carbocycles. The number of amides is 1. The first kappa shape index (κ1) is 15.5. The standard InChI is InChI=1S/C16H17FN2OS/c1-11(20)19-12-6-8-13(9-7-12)21-16-5-3-4-15(17)14(16)10-18-2/h3-9,18H,10H2,1-2H3,(H,19,20). The Morgan fingerprint density at radius 1 is 1.19 bits per heavy atom. The molecule has 0 saturated carbocycles. The summed E-state index contributed by atoms with van der Waals surface area (Å²) in [5.41, 5.74) is 1.41. The highest BCUT2D eigenvalue weighted by molar-refractivity contribution is 7.99. The topological polar surface area (TPSA) is 41.1 Å². The lowest BCUT2D eigenvalue weighted by molar-refractivity contribution is -0.114. The summed E-state index contributed by atoms with van der Waals surface area (Å²) in [7, 11) is 1.79. The van der Waals surface area contributed by atoms with Crippen molar-refractivity contribution in [3.63, 3.8) is 0 Å². The van der Waals surface area contributed by atoms with Gasteiger partial charge in [0.05, 0.1) is 0 Å². The lowest BCUT2D eigenvalue weighted by Gasteiger charge is -2.10. The smallest absolute Gasteiger partial charge is 0.221 e. The van der Waals surface area contributed by atoms with Gasteiger partial charge in [-0.15, -0.1) is 0 Å². The van der Waals surface area contributed by atoms with Crippen LogP contribution in [0.3, 0.4) is 0 Å². The van der Waals surface area contributed by atoms with Crippen molar-refractivity contribution in [1.82, 2.24) is 5.32 Å². The van der Waals surface area contributed by atoms with Crippen LogP contribution in [0.4, 0.5) is 10.1 Å². The van der Waals surface area contributed by atoms with Crippen LogP contribution < -0.4 is 10.6 Å². The monoisotopic (exact) mass is 304 g/mol. The molecule has 2 aromatic rings. The summed E-state index contributed by atoms with van der Waals surface area (Å²) >= 11 is 1.50. The molecule has 21 heavy (non-hydrogen) atoms. The Labute approximate surface area is 127 Å². The zero-order valence-corrected chi connectivity index (χ0v) is 12.8. The Balaban J connectivity index is 2.18. The average molecular weight is 304 g/mol. The van der Waals surface area contributed by atoms with Crippen LogP contribution in [-0.4, -0.2) is 13.0 Å². The molecule has 0 aromatic heterocycles. The molecule has 0 spiro atoms. The van der Waals surface area contributed by atoms with Crippen LogP contribution in [0.5, 0.6) is 0 Å². The van der Waals surface area contributed by atoms with Gasteiger partial charge in [0.1, 0.15) is 5.82 Å². The van der Waals surface area contributed by atoms with E-state index in [1.165, 1.54) is 24.8 Å². The van der Waals surface area contributed by atoms with Gasteiger partial charge >= 0.3 is 0 Å². The van der Waals surface area contributed by atoms with Gasteiger partial charge in [-0.05, 0) is 43.4 Å². The second-order valence-electron chi connectivity index (χ2n) is 4.55. The summed E-state index contributed by atoms with van der Waals surface area (Å²) < 4.78 is 13.8. The van der Waals surface area contributed by atoms with E-state index in [2.05, 4.69) is 10.6 Å². The third kappa shape index (κ3) is 4.31. The maximum Gasteiger partial charge on any atom is 0.221 e. The average Bonchev–Trinajstić information content (AvgIpc) is 2.44. The molecule has 0 fully saturated rings. The lowest BCUT2D eigenvalue weighted by Crippen LogP contribution is -2.08. The van der Waals surface area contributed by atoms with Crippen LogP contribution in [0.2, 0.25) is 0 Å². The van der Waals surface area contributed by atoms with Gasteiger partial charge in [-0.3, -0.25) is 4.79 Å². The fraction of sp³-hybridized carbons (Fsp3) is 0.188. The number of hydrogen-bond acceptors (Lipinski definition) is 3. The van der Waals surface area contributed by atoms with Crippen molar-refractivity contribution in [3.05, 3.63) is 53.8 Å². The Kier molecular flexibility index (Phi) is 5.36. The predicted octanol–water partition coefficient (Wildman–Crippen LogP) is 3.65. The van der Waals surface area contributed by atoms with Gasteiger partial charge in [0, 0.05) is 34.5 Å². The highest BCUT2D eigenvalue weighted by atomic mass is 32.2. The van der Waals surface area contributed by atoms with Gasteiger partial charge in [-0.25, -0.2) is 4.39 Å². The Morgan fingerprint density at radius 3 is 2.52 bits per heavy atom. The van der Waals surface area contributed by atoms with Crippen LogP contribution >= 0.6 is 11.8 Å². The van der Waals surface area contributed by atoms with E-state index in [0.717, 1.165) is 15.5 Å². The van der Waals surface area contributed by atoms with Crippen molar-refractivity contribution in [2.24, 2.45) is 0 Å². The second-order valence-corrected chi connectivity index (χ2v) is 5.67. The largest absolute Gasteiger partial charge is 0.326 e. The van der Waals surface area contributed by atoms with E-state index in [9.17, 15) is 9.18 Å². The maximum atomic E-state index is 13.8. The molecular weight excluding hydrogens is 287 g/mol. The van der Waals surface area contributed by atoms with Gasteiger partial charge in [0.2, 0.25) is 5.91 Å². The summed E-state index contributed by atoms with van der Waals surface area (Å²) in [6.07, 6.45) is 0. The number of anilines is 1. The molecule has 0 bridgehead atoms. The minimum Gasteiger partial charge on any atom is -0.326 e. The minimum atomic E-state index is -0.204. The molecule has 5 heteroatoms. The van der Waals surface area contributed by atoms with Gasteiger partial charge < -0.3 is 10.6 Å². The SMILES string of the molecule is CNCc1c(F)cccc1Sc1ccc(NC(C)=O)cc1. The van der Waals surface area contributed by atoms with Crippen molar-refractivity contribution in [2.45, 2.75) is 23.3 Å². The molecule has 0 atom stereocenters. The molecule has 0 saturated heterocycles. The highest BCUT2D eigenvalue weighted by Gasteiger charge is 2.09. The fourth-order valence-electron chi connectivity index (χ4n) is 1.92. The van der Waals surface area contributed by atoms with E-state index in [-0.39, 0.29) is 11.7 Å². The predicted molar refractivity (Wildman–Crippen MR) is 84.0 cm³/mol. The number of nitrogens with one attached hydrogen (secondary N) is 2. The Bertz CT molecular complexity index is 629. The molecule has 0 radical (unpaired) electrons. The normalized spacial score (nSPS) is 10.4. The molecular formula is C16H17FN2OS. The third-order valence-corrected chi connectivity index (χ3v) is 3.94. The first-order valence-electron chi connectivity index (χ1n) is 6.57. The molecule has 0 aliphatic heterocycles. The Morgan fingerprint density at radius 2 is 1.90 bits per heavy atom. The van der Waals surface area contributed by atoms with E-state index in [4.69, 9.17) is 0 Å². The molecule has 1 amide bonds. The van der Waals surface area contributed by atoms with Crippen molar-refractivity contribution >= 4 is 23.4 Å². The van der Waals surface area contributed by atoms with E-state index >= 15 is 0 Å². The number of rotatable bonds is 5. The molecule has 0 aliphatic carbocycles. The Hall–Kier alpha value is -1.85. The van der Waals surface area contributed by atoms with Crippen LogP contribution in [0.25, 0.3) is 0 Å². The maximum absolute atomic E-state index is 13.8. The molecule has 0 heterocycles. The number of carbonyl (C=O) groups is 1. The van der Waals surface area contributed by atoms with E-state index < -0.39 is 0 Å². The summed E-state index contributed by atoms with van der Waals surface area (Å²) in [4.78, 5) is 12.9. The first-order chi connectivity index (χ1) is 10.1. The van der Waals surface area contributed by atoms with Crippen LogP contribution in [0, 0.1) is 5.82 Å². The number of carbonyl (C=O) groups excluding carboxylic acids is 1. The fourth-order valence-corrected chi connectivity index (χ4v) is 2.88. The van der Waals surface area contributed by atoms with Crippen LogP contribution in [-0.2, 0) is 11.3 Å². The zero-order valence-electron chi connectivity index (χ0n) is 11.9.